The van der Waals surface area contributed by atoms with Crippen LogP contribution in [0.3, 0.4) is 0 Å². The van der Waals surface area contributed by atoms with Crippen molar-refractivity contribution in [1.82, 2.24) is 9.61 Å². The molecule has 0 aromatic carbocycles. The molecule has 0 saturated carbocycles. The number of nitrogens with zero attached hydrogens (tertiary/aromatic N) is 3. The molecule has 0 amide bonds. The van der Waals surface area contributed by atoms with Crippen molar-refractivity contribution < 1.29 is 4.92 Å². The Hall–Kier alpha value is -2.17. The standard InChI is InChI=1S/C10H7N3O2/c14-13(15)9-4-7-2-1-3-12-10(7)8(5-9)6-11-12/h1-3,5-6H,4H2. The second-order valence-electron chi connectivity index (χ2n) is 3.50. The van der Waals surface area contributed by atoms with Crippen LogP contribution in [0.5, 0.6) is 0 Å². The van der Waals surface area contributed by atoms with Crippen LogP contribution in [0.25, 0.3) is 11.6 Å². The van der Waals surface area contributed by atoms with Gasteiger partial charge in [-0.2, -0.15) is 5.10 Å². The third-order valence-corrected chi connectivity index (χ3v) is 2.58. The van der Waals surface area contributed by atoms with Crippen LogP contribution < -0.4 is 0 Å². The second kappa shape index (κ2) is 2.66. The van der Waals surface area contributed by atoms with Gasteiger partial charge in [-0.1, -0.05) is 6.07 Å². The zero-order valence-electron chi connectivity index (χ0n) is 7.75. The molecule has 1 aliphatic carbocycles. The normalized spacial score (nSPS) is 14.0. The molecule has 0 spiro atoms. The number of rotatable bonds is 1. The molecular formula is C10H7N3O2. The van der Waals surface area contributed by atoms with Gasteiger partial charge < -0.3 is 0 Å². The molecule has 0 saturated heterocycles. The van der Waals surface area contributed by atoms with E-state index in [0.717, 1.165) is 16.6 Å². The molecule has 0 N–H and O–H groups in total. The molecule has 0 unspecified atom stereocenters. The van der Waals surface area contributed by atoms with Crippen molar-refractivity contribution in [3.05, 3.63) is 51.5 Å². The lowest BCUT2D eigenvalue weighted by atomic mass is 10.0. The fraction of sp³-hybridized carbons (Fsp3) is 0.100. The van der Waals surface area contributed by atoms with Gasteiger partial charge >= 0.3 is 0 Å². The highest BCUT2D eigenvalue weighted by Crippen LogP contribution is 2.26. The first-order chi connectivity index (χ1) is 7.25. The van der Waals surface area contributed by atoms with E-state index < -0.39 is 0 Å². The number of hydrogen-bond donors (Lipinski definition) is 0. The molecule has 3 rings (SSSR count). The fourth-order valence-electron chi connectivity index (χ4n) is 1.93. The first-order valence-electron chi connectivity index (χ1n) is 4.56. The molecule has 0 atom stereocenters. The van der Waals surface area contributed by atoms with Gasteiger partial charge in [-0.05, 0) is 11.6 Å². The Labute approximate surface area is 84.8 Å². The van der Waals surface area contributed by atoms with Gasteiger partial charge in [0.15, 0.2) is 0 Å². The third kappa shape index (κ3) is 1.06. The van der Waals surface area contributed by atoms with Gasteiger partial charge in [-0.3, -0.25) is 10.1 Å². The van der Waals surface area contributed by atoms with Crippen LogP contribution in [0.4, 0.5) is 0 Å². The third-order valence-electron chi connectivity index (χ3n) is 2.58. The van der Waals surface area contributed by atoms with E-state index in [9.17, 15) is 10.1 Å². The van der Waals surface area contributed by atoms with Crippen LogP contribution in [0.2, 0.25) is 0 Å². The number of hydrogen-bond acceptors (Lipinski definition) is 3. The summed E-state index contributed by atoms with van der Waals surface area (Å²) in [5.74, 6) is 0. The number of allylic oxidation sites excluding steroid dienone is 1. The van der Waals surface area contributed by atoms with E-state index in [1.54, 1.807) is 16.8 Å². The predicted octanol–water partition coefficient (Wildman–Crippen LogP) is 1.51. The maximum Gasteiger partial charge on any atom is 0.251 e. The lowest BCUT2D eigenvalue weighted by molar-refractivity contribution is -0.425. The largest absolute Gasteiger partial charge is 0.259 e. The van der Waals surface area contributed by atoms with Crippen molar-refractivity contribution in [3.8, 4) is 0 Å². The highest BCUT2D eigenvalue weighted by molar-refractivity contribution is 5.76. The summed E-state index contributed by atoms with van der Waals surface area (Å²) in [7, 11) is 0. The van der Waals surface area contributed by atoms with Crippen molar-refractivity contribution in [2.24, 2.45) is 0 Å². The Morgan fingerprint density at radius 2 is 2.40 bits per heavy atom. The topological polar surface area (TPSA) is 60.4 Å². The Kier molecular flexibility index (Phi) is 1.45. The zero-order chi connectivity index (χ0) is 10.4. The summed E-state index contributed by atoms with van der Waals surface area (Å²) < 4.78 is 1.75. The first kappa shape index (κ1) is 8.16. The van der Waals surface area contributed by atoms with E-state index in [0.29, 0.717) is 6.42 Å². The van der Waals surface area contributed by atoms with Crippen molar-refractivity contribution in [3.63, 3.8) is 0 Å². The van der Waals surface area contributed by atoms with Crippen molar-refractivity contribution in [2.75, 3.05) is 0 Å². The second-order valence-corrected chi connectivity index (χ2v) is 3.50. The molecule has 5 nitrogen and oxygen atoms in total. The van der Waals surface area contributed by atoms with Crippen LogP contribution in [0, 0.1) is 10.1 Å². The number of aromatic nitrogens is 2. The molecule has 1 aliphatic rings. The average Bonchev–Trinajstić information content (AvgIpc) is 2.64. The summed E-state index contributed by atoms with van der Waals surface area (Å²) >= 11 is 0. The van der Waals surface area contributed by atoms with E-state index in [1.165, 1.54) is 0 Å². The molecule has 0 radical (unpaired) electrons. The molecule has 2 heterocycles. The minimum atomic E-state index is -0.334. The highest BCUT2D eigenvalue weighted by atomic mass is 16.6. The lowest BCUT2D eigenvalue weighted by Crippen LogP contribution is -2.07. The minimum absolute atomic E-state index is 0.226. The van der Waals surface area contributed by atoms with Crippen molar-refractivity contribution in [1.29, 1.82) is 0 Å². The molecule has 5 heteroatoms. The van der Waals surface area contributed by atoms with Crippen LogP contribution in [-0.2, 0) is 6.42 Å². The van der Waals surface area contributed by atoms with Gasteiger partial charge in [0.05, 0.1) is 23.1 Å². The number of pyridine rings is 1. The summed E-state index contributed by atoms with van der Waals surface area (Å²) in [4.78, 5) is 10.4. The molecular weight excluding hydrogens is 194 g/mol. The molecule has 0 fully saturated rings. The van der Waals surface area contributed by atoms with Gasteiger partial charge in [0.2, 0.25) is 0 Å². The van der Waals surface area contributed by atoms with Gasteiger partial charge in [0.1, 0.15) is 0 Å². The molecule has 15 heavy (non-hydrogen) atoms. The molecule has 0 aliphatic heterocycles. The molecule has 2 aromatic rings. The quantitative estimate of drug-likeness (QED) is 0.519. The zero-order valence-corrected chi connectivity index (χ0v) is 7.75. The Balaban J connectivity index is 2.33. The van der Waals surface area contributed by atoms with E-state index in [2.05, 4.69) is 5.10 Å². The van der Waals surface area contributed by atoms with E-state index in [1.807, 2.05) is 18.3 Å². The summed E-state index contributed by atoms with van der Waals surface area (Å²) in [6.07, 6.45) is 5.46. The summed E-state index contributed by atoms with van der Waals surface area (Å²) in [6, 6.07) is 3.75. The molecule has 2 aromatic heterocycles. The van der Waals surface area contributed by atoms with E-state index in [-0.39, 0.29) is 10.6 Å². The average molecular weight is 201 g/mol. The maximum atomic E-state index is 10.7. The molecule has 0 bridgehead atoms. The summed E-state index contributed by atoms with van der Waals surface area (Å²) in [5, 5.41) is 14.8. The van der Waals surface area contributed by atoms with Crippen molar-refractivity contribution >= 4 is 11.6 Å². The Morgan fingerprint density at radius 3 is 3.20 bits per heavy atom. The monoisotopic (exact) mass is 201 g/mol. The van der Waals surface area contributed by atoms with Crippen LogP contribution in [-0.4, -0.2) is 14.5 Å². The number of nitro groups is 1. The Bertz CT molecular complexity index is 598. The minimum Gasteiger partial charge on any atom is -0.259 e. The van der Waals surface area contributed by atoms with Gasteiger partial charge in [-0.25, -0.2) is 4.52 Å². The maximum absolute atomic E-state index is 10.7. The fourth-order valence-corrected chi connectivity index (χ4v) is 1.93. The first-order valence-corrected chi connectivity index (χ1v) is 4.56. The highest BCUT2D eigenvalue weighted by Gasteiger charge is 2.21. The summed E-state index contributed by atoms with van der Waals surface area (Å²) in [5.41, 5.74) is 2.98. The van der Waals surface area contributed by atoms with Crippen molar-refractivity contribution in [2.45, 2.75) is 6.42 Å². The smallest absolute Gasteiger partial charge is 0.251 e. The Morgan fingerprint density at radius 1 is 1.53 bits per heavy atom. The van der Waals surface area contributed by atoms with Crippen LogP contribution in [0.15, 0.2) is 30.2 Å². The van der Waals surface area contributed by atoms with Gasteiger partial charge in [0.25, 0.3) is 5.70 Å². The van der Waals surface area contributed by atoms with Crippen LogP contribution in [0.1, 0.15) is 11.1 Å². The van der Waals surface area contributed by atoms with E-state index in [4.69, 9.17) is 0 Å². The SMILES string of the molecule is O=[N+]([O-])C1=Cc2cnn3cccc(c23)C1. The lowest BCUT2D eigenvalue weighted by Gasteiger charge is -2.07. The summed E-state index contributed by atoms with van der Waals surface area (Å²) in [6.45, 7) is 0. The van der Waals surface area contributed by atoms with E-state index >= 15 is 0 Å². The molecule has 74 valence electrons. The van der Waals surface area contributed by atoms with Gasteiger partial charge in [0, 0.05) is 17.8 Å². The van der Waals surface area contributed by atoms with Gasteiger partial charge in [-0.15, -0.1) is 0 Å². The predicted molar refractivity (Wildman–Crippen MR) is 53.9 cm³/mol. The van der Waals surface area contributed by atoms with Crippen LogP contribution >= 0.6 is 0 Å².